The Morgan fingerprint density at radius 3 is 2.27 bits per heavy atom. The molecular weight excluding hydrogens is 444 g/mol. The van der Waals surface area contributed by atoms with Gasteiger partial charge in [0, 0.05) is 17.8 Å². The molecule has 0 bridgehead atoms. The van der Waals surface area contributed by atoms with Gasteiger partial charge in [-0.1, -0.05) is 59.9 Å². The standard InChI is InChI=1S/C12H17N3OS.C7H6F2O.C4H10.C2H6/c13-17-11-8-10(6-7-14-11)15-12(16)9-4-2-1-3-5-9;1-10-6-4-2-3-5(8)7(6)9;1-4(2)3;1-2/h6-9H,1-5,13H2,(H,14,15,16);2-4H,1H3;4H,1-3H3;1-2H3. The zero-order chi connectivity index (χ0) is 25.2. The van der Waals surface area contributed by atoms with E-state index >= 15 is 0 Å². The van der Waals surface area contributed by atoms with Gasteiger partial charge in [-0.25, -0.2) is 9.37 Å². The van der Waals surface area contributed by atoms with Crippen LogP contribution in [0.15, 0.2) is 41.6 Å². The SMILES string of the molecule is CC.CC(C)C.COc1cccc(F)c1F.NSc1cc(NC(=O)C2CCCCC2)ccn1. The number of amides is 1. The number of aromatic nitrogens is 1. The summed E-state index contributed by atoms with van der Waals surface area (Å²) < 4.78 is 29.3. The molecule has 186 valence electrons. The van der Waals surface area contributed by atoms with Gasteiger partial charge in [0.1, 0.15) is 5.03 Å². The van der Waals surface area contributed by atoms with Gasteiger partial charge in [0.05, 0.1) is 7.11 Å². The summed E-state index contributed by atoms with van der Waals surface area (Å²) in [6.45, 7) is 10.5. The second-order valence-electron chi connectivity index (χ2n) is 7.81. The number of benzene rings is 1. The third kappa shape index (κ3) is 13.2. The Labute approximate surface area is 202 Å². The molecule has 1 saturated carbocycles. The normalized spacial score (nSPS) is 12.8. The van der Waals surface area contributed by atoms with Crippen LogP contribution in [0.2, 0.25) is 0 Å². The molecule has 3 N–H and O–H groups in total. The molecule has 1 aliphatic rings. The highest BCUT2D eigenvalue weighted by Crippen LogP contribution is 2.25. The van der Waals surface area contributed by atoms with Gasteiger partial charge in [0.25, 0.3) is 0 Å². The van der Waals surface area contributed by atoms with Gasteiger partial charge < -0.3 is 10.1 Å². The molecule has 1 aliphatic carbocycles. The van der Waals surface area contributed by atoms with Crippen molar-refractivity contribution in [1.82, 2.24) is 4.98 Å². The van der Waals surface area contributed by atoms with Gasteiger partial charge in [-0.05, 0) is 55.0 Å². The highest BCUT2D eigenvalue weighted by molar-refractivity contribution is 7.97. The minimum absolute atomic E-state index is 0.0694. The molecule has 0 saturated heterocycles. The predicted molar refractivity (Wildman–Crippen MR) is 134 cm³/mol. The molecule has 1 fully saturated rings. The van der Waals surface area contributed by atoms with Gasteiger partial charge in [-0.15, -0.1) is 0 Å². The Bertz CT molecular complexity index is 798. The number of nitrogens with zero attached hydrogens (tertiary/aromatic N) is 1. The van der Waals surface area contributed by atoms with Gasteiger partial charge in [-0.2, -0.15) is 4.39 Å². The third-order valence-corrected chi connectivity index (χ3v) is 4.70. The Morgan fingerprint density at radius 2 is 1.76 bits per heavy atom. The van der Waals surface area contributed by atoms with Crippen LogP contribution in [0.4, 0.5) is 14.5 Å². The molecule has 0 radical (unpaired) electrons. The van der Waals surface area contributed by atoms with E-state index in [2.05, 4.69) is 35.8 Å². The van der Waals surface area contributed by atoms with Crippen LogP contribution >= 0.6 is 11.9 Å². The maximum atomic E-state index is 12.5. The van der Waals surface area contributed by atoms with Gasteiger partial charge in [-0.3, -0.25) is 9.93 Å². The summed E-state index contributed by atoms with van der Waals surface area (Å²) >= 11 is 1.08. The van der Waals surface area contributed by atoms with E-state index in [9.17, 15) is 13.6 Å². The van der Waals surface area contributed by atoms with Crippen LogP contribution in [0.1, 0.15) is 66.7 Å². The molecule has 1 aromatic carbocycles. The molecular formula is C25H39F2N3O2S. The molecule has 0 spiro atoms. The van der Waals surface area contributed by atoms with Crippen LogP contribution in [0.5, 0.6) is 5.75 Å². The highest BCUT2D eigenvalue weighted by atomic mass is 32.2. The molecule has 0 aliphatic heterocycles. The van der Waals surface area contributed by atoms with Crippen molar-refractivity contribution in [3.63, 3.8) is 0 Å². The van der Waals surface area contributed by atoms with E-state index < -0.39 is 11.6 Å². The lowest BCUT2D eigenvalue weighted by Gasteiger charge is -2.20. The number of anilines is 1. The monoisotopic (exact) mass is 483 g/mol. The largest absolute Gasteiger partial charge is 0.494 e. The van der Waals surface area contributed by atoms with Crippen molar-refractivity contribution in [2.45, 2.75) is 71.7 Å². The summed E-state index contributed by atoms with van der Waals surface area (Å²) in [5.74, 6) is -0.765. The topological polar surface area (TPSA) is 77.2 Å². The number of methoxy groups -OCH3 is 1. The van der Waals surface area contributed by atoms with Crippen LogP contribution in [-0.4, -0.2) is 18.0 Å². The number of ether oxygens (including phenoxy) is 1. The van der Waals surface area contributed by atoms with E-state index in [1.54, 1.807) is 18.3 Å². The van der Waals surface area contributed by atoms with E-state index in [-0.39, 0.29) is 17.6 Å². The van der Waals surface area contributed by atoms with Crippen LogP contribution in [0.3, 0.4) is 0 Å². The first kappa shape index (κ1) is 30.8. The first-order valence-electron chi connectivity index (χ1n) is 11.4. The number of carbonyl (C=O) groups is 1. The van der Waals surface area contributed by atoms with Crippen LogP contribution in [-0.2, 0) is 4.79 Å². The number of nitrogens with one attached hydrogen (secondary N) is 1. The lowest BCUT2D eigenvalue weighted by Crippen LogP contribution is -2.24. The van der Waals surface area contributed by atoms with Crippen molar-refractivity contribution in [2.24, 2.45) is 17.0 Å². The van der Waals surface area contributed by atoms with Crippen molar-refractivity contribution in [2.75, 3.05) is 12.4 Å². The predicted octanol–water partition coefficient (Wildman–Crippen LogP) is 7.23. The van der Waals surface area contributed by atoms with E-state index in [0.717, 1.165) is 42.5 Å². The first-order valence-corrected chi connectivity index (χ1v) is 12.3. The first-order chi connectivity index (χ1) is 15.8. The van der Waals surface area contributed by atoms with E-state index in [1.807, 2.05) is 13.8 Å². The molecule has 1 heterocycles. The lowest BCUT2D eigenvalue weighted by atomic mass is 9.88. The summed E-state index contributed by atoms with van der Waals surface area (Å²) in [4.78, 5) is 16.1. The number of pyridine rings is 1. The molecule has 5 nitrogen and oxygen atoms in total. The Balaban J connectivity index is 0.000000543. The highest BCUT2D eigenvalue weighted by Gasteiger charge is 2.21. The maximum absolute atomic E-state index is 12.5. The molecule has 1 aromatic heterocycles. The second kappa shape index (κ2) is 18.3. The summed E-state index contributed by atoms with van der Waals surface area (Å²) in [5, 5.41) is 9.09. The summed E-state index contributed by atoms with van der Waals surface area (Å²) in [6.07, 6.45) is 7.26. The Morgan fingerprint density at radius 1 is 1.15 bits per heavy atom. The van der Waals surface area contributed by atoms with Crippen LogP contribution in [0.25, 0.3) is 0 Å². The molecule has 1 amide bonds. The van der Waals surface area contributed by atoms with E-state index in [4.69, 9.17) is 5.14 Å². The maximum Gasteiger partial charge on any atom is 0.227 e. The van der Waals surface area contributed by atoms with Gasteiger partial charge >= 0.3 is 0 Å². The van der Waals surface area contributed by atoms with Gasteiger partial charge in [0.15, 0.2) is 11.6 Å². The molecule has 3 rings (SSSR count). The van der Waals surface area contributed by atoms with Crippen molar-refractivity contribution in [1.29, 1.82) is 0 Å². The fraction of sp³-hybridized carbons (Fsp3) is 0.520. The van der Waals surface area contributed by atoms with Gasteiger partial charge in [0.2, 0.25) is 11.7 Å². The number of hydrogen-bond acceptors (Lipinski definition) is 5. The molecule has 0 atom stereocenters. The van der Waals surface area contributed by atoms with Crippen LogP contribution < -0.4 is 15.2 Å². The lowest BCUT2D eigenvalue weighted by molar-refractivity contribution is -0.120. The summed E-state index contributed by atoms with van der Waals surface area (Å²) in [7, 11) is 1.29. The quantitative estimate of drug-likeness (QED) is 0.449. The molecule has 8 heteroatoms. The minimum atomic E-state index is -0.940. The van der Waals surface area contributed by atoms with Crippen molar-refractivity contribution >= 4 is 23.5 Å². The van der Waals surface area contributed by atoms with Crippen molar-refractivity contribution in [3.8, 4) is 5.75 Å². The molecule has 33 heavy (non-hydrogen) atoms. The summed E-state index contributed by atoms with van der Waals surface area (Å²) in [5.41, 5.74) is 0.781. The van der Waals surface area contributed by atoms with Crippen LogP contribution in [0, 0.1) is 23.5 Å². The van der Waals surface area contributed by atoms with E-state index in [0.29, 0.717) is 5.03 Å². The van der Waals surface area contributed by atoms with Crippen molar-refractivity contribution < 1.29 is 18.3 Å². The minimum Gasteiger partial charge on any atom is -0.494 e. The number of carbonyl (C=O) groups excluding carboxylic acids is 1. The van der Waals surface area contributed by atoms with Crippen molar-refractivity contribution in [3.05, 3.63) is 48.2 Å². The fourth-order valence-electron chi connectivity index (χ4n) is 2.80. The third-order valence-electron chi connectivity index (χ3n) is 4.24. The Kier molecular flexibility index (Phi) is 17.0. The fourth-order valence-corrected chi connectivity index (χ4v) is 3.12. The molecule has 0 unspecified atom stereocenters. The number of halogens is 2. The zero-order valence-electron chi connectivity index (χ0n) is 20.7. The average Bonchev–Trinajstić information content (AvgIpc) is 2.83. The second-order valence-corrected chi connectivity index (χ2v) is 8.47. The van der Waals surface area contributed by atoms with E-state index in [1.165, 1.54) is 38.5 Å². The average molecular weight is 484 g/mol. The molecule has 2 aromatic rings. The smallest absolute Gasteiger partial charge is 0.227 e. The zero-order valence-corrected chi connectivity index (χ0v) is 21.5. The Hall–Kier alpha value is -2.19. The number of rotatable bonds is 4. The summed E-state index contributed by atoms with van der Waals surface area (Å²) in [6, 6.07) is 7.37. The number of hydrogen-bond donors (Lipinski definition) is 2. The number of nitrogens with two attached hydrogens (primary N) is 1.